The molecule has 0 radical (unpaired) electrons. The van der Waals surface area contributed by atoms with E-state index in [9.17, 15) is 50.0 Å². The van der Waals surface area contributed by atoms with Crippen molar-refractivity contribution in [1.82, 2.24) is 0 Å². The average Bonchev–Trinajstić information content (AvgIpc) is 2.58. The molecule has 1 unspecified atom stereocenters. The Bertz CT molecular complexity index is 1460. The second kappa shape index (κ2) is 6.51. The van der Waals surface area contributed by atoms with Crippen molar-refractivity contribution in [1.29, 1.82) is 0 Å². The smallest absolute Gasteiger partial charge is 0.282 e. The van der Waals surface area contributed by atoms with Crippen LogP contribution in [0.2, 0.25) is 0 Å². The molecule has 14 nitrogen and oxygen atoms in total. The summed E-state index contributed by atoms with van der Waals surface area (Å²) in [7, 11) is -15.5. The molecule has 2 N–H and O–H groups in total. The molecule has 3 rings (SSSR count). The van der Waals surface area contributed by atoms with Crippen LogP contribution in [0, 0.1) is 20.2 Å². The maximum atomic E-state index is 13.1. The van der Waals surface area contributed by atoms with E-state index >= 15 is 0 Å². The van der Waals surface area contributed by atoms with Gasteiger partial charge in [-0.25, -0.2) is 8.42 Å². The average molecular weight is 480 g/mol. The summed E-state index contributed by atoms with van der Waals surface area (Å²) in [5, 5.41) is 23.1. The minimum Gasteiger partial charge on any atom is -0.282 e. The Morgan fingerprint density at radius 2 is 1.53 bits per heavy atom. The minimum absolute atomic E-state index is 0.353. The number of hydrogen-bond donors (Lipinski definition) is 2. The highest BCUT2D eigenvalue weighted by molar-refractivity contribution is 7.93. The number of hydrogen-bond acceptors (Lipinski definition) is 10. The molecule has 1 atom stereocenters. The lowest BCUT2D eigenvalue weighted by Gasteiger charge is -2.24. The molecule has 17 heteroatoms. The van der Waals surface area contributed by atoms with Crippen molar-refractivity contribution in [3.8, 4) is 0 Å². The van der Waals surface area contributed by atoms with Gasteiger partial charge in [-0.05, 0) is 24.3 Å². The zero-order chi connectivity index (χ0) is 22.8. The summed E-state index contributed by atoms with van der Waals surface area (Å²) in [6.45, 7) is 0. The second-order valence-electron chi connectivity index (χ2n) is 5.92. The Balaban J connectivity index is 2.62. The number of benzene rings is 2. The van der Waals surface area contributed by atoms with Crippen LogP contribution in [0.3, 0.4) is 0 Å². The number of sulfone groups is 1. The second-order valence-corrected chi connectivity index (χ2v) is 10.6. The van der Waals surface area contributed by atoms with Gasteiger partial charge in [0.1, 0.15) is 15.4 Å². The van der Waals surface area contributed by atoms with Crippen molar-refractivity contribution in [2.45, 2.75) is 25.6 Å². The molecule has 0 spiro atoms. The molecule has 2 aromatic rings. The standard InChI is InChI=1S/C13H8N2O12S3/c16-14(17)8-3-4-9(30(25,26)27)13-11(8)12(15(18)19)7-2-1-6(29(22,23)24)5-10(7)28(13,20)21/h1-5,12H,(H,22,23,24)(H,25,26,27). The lowest BCUT2D eigenvalue weighted by atomic mass is 9.97. The van der Waals surface area contributed by atoms with E-state index in [4.69, 9.17) is 4.55 Å². The molecule has 0 bridgehead atoms. The predicted molar refractivity (Wildman–Crippen MR) is 93.5 cm³/mol. The Morgan fingerprint density at radius 1 is 0.933 bits per heavy atom. The SMILES string of the molecule is O=[N+]([O-])c1ccc(S(=O)(=O)O)c2c1C([N+](=O)[O-])c1ccc(S(=O)(=O)O)cc1S2(=O)=O. The molecule has 1 aliphatic rings. The van der Waals surface area contributed by atoms with Crippen LogP contribution >= 0.6 is 0 Å². The summed E-state index contributed by atoms with van der Waals surface area (Å²) in [4.78, 5) is 15.9. The summed E-state index contributed by atoms with van der Waals surface area (Å²) in [5.74, 6) is 0. The van der Waals surface area contributed by atoms with Gasteiger partial charge in [0.05, 0.1) is 14.7 Å². The zero-order valence-electron chi connectivity index (χ0n) is 14.1. The summed E-state index contributed by atoms with van der Waals surface area (Å²) in [5.41, 5.74) is -2.92. The number of nitro benzene ring substituents is 1. The fourth-order valence-electron chi connectivity index (χ4n) is 3.09. The topological polar surface area (TPSA) is 229 Å². The minimum atomic E-state index is -5.34. The molecule has 2 aromatic carbocycles. The summed E-state index contributed by atoms with van der Waals surface area (Å²) >= 11 is 0. The maximum Gasteiger partial charge on any atom is 0.295 e. The number of nitro groups is 2. The van der Waals surface area contributed by atoms with Gasteiger partial charge >= 0.3 is 0 Å². The van der Waals surface area contributed by atoms with Gasteiger partial charge in [-0.2, -0.15) is 16.8 Å². The molecule has 160 valence electrons. The van der Waals surface area contributed by atoms with E-state index in [0.717, 1.165) is 0 Å². The van der Waals surface area contributed by atoms with Crippen molar-refractivity contribution >= 4 is 35.8 Å². The van der Waals surface area contributed by atoms with Crippen LogP contribution in [-0.2, 0) is 30.1 Å². The third-order valence-electron chi connectivity index (χ3n) is 4.23. The van der Waals surface area contributed by atoms with E-state index in [1.807, 2.05) is 0 Å². The van der Waals surface area contributed by atoms with Gasteiger partial charge in [0.15, 0.2) is 0 Å². The largest absolute Gasteiger partial charge is 0.295 e. The van der Waals surface area contributed by atoms with Crippen LogP contribution in [0.4, 0.5) is 5.69 Å². The molecule has 0 amide bonds. The lowest BCUT2D eigenvalue weighted by molar-refractivity contribution is -0.520. The zero-order valence-corrected chi connectivity index (χ0v) is 16.5. The number of fused-ring (bicyclic) bond motifs is 2. The van der Waals surface area contributed by atoms with E-state index in [1.54, 1.807) is 0 Å². The van der Waals surface area contributed by atoms with Gasteiger partial charge in [-0.1, -0.05) is 0 Å². The van der Waals surface area contributed by atoms with Crippen LogP contribution in [0.15, 0.2) is 49.9 Å². The summed E-state index contributed by atoms with van der Waals surface area (Å²) in [6, 6.07) is 0.242. The molecule has 0 fully saturated rings. The first kappa shape index (κ1) is 21.7. The van der Waals surface area contributed by atoms with E-state index < -0.39 is 82.4 Å². The maximum absolute atomic E-state index is 13.1. The quantitative estimate of drug-likeness (QED) is 0.348. The van der Waals surface area contributed by atoms with Crippen LogP contribution < -0.4 is 0 Å². The third-order valence-corrected chi connectivity index (χ3v) is 8.02. The Morgan fingerprint density at radius 3 is 2.00 bits per heavy atom. The van der Waals surface area contributed by atoms with Crippen LogP contribution in [0.25, 0.3) is 0 Å². The first-order chi connectivity index (χ1) is 13.6. The molecular weight excluding hydrogens is 472 g/mol. The van der Waals surface area contributed by atoms with Crippen molar-refractivity contribution in [2.75, 3.05) is 0 Å². The van der Waals surface area contributed by atoms with E-state index in [1.165, 1.54) is 0 Å². The van der Waals surface area contributed by atoms with Gasteiger partial charge < -0.3 is 0 Å². The van der Waals surface area contributed by atoms with Crippen molar-refractivity contribution < 1.29 is 44.2 Å². The number of nitrogens with zero attached hydrogens (tertiary/aromatic N) is 2. The molecule has 1 aliphatic heterocycles. The van der Waals surface area contributed by atoms with Gasteiger partial charge in [0.2, 0.25) is 9.84 Å². The van der Waals surface area contributed by atoms with Crippen molar-refractivity contribution in [2.24, 2.45) is 0 Å². The van der Waals surface area contributed by atoms with Crippen LogP contribution in [0.5, 0.6) is 0 Å². The first-order valence-electron chi connectivity index (χ1n) is 7.37. The fraction of sp³-hybridized carbons (Fsp3) is 0.0769. The highest BCUT2D eigenvalue weighted by atomic mass is 32.2. The fourth-order valence-corrected chi connectivity index (χ4v) is 6.73. The normalized spacial score (nSPS) is 17.6. The molecule has 1 heterocycles. The van der Waals surface area contributed by atoms with E-state index in [0.29, 0.717) is 30.3 Å². The van der Waals surface area contributed by atoms with E-state index in [2.05, 4.69) is 0 Å². The Labute approximate surface area is 167 Å². The van der Waals surface area contributed by atoms with Gasteiger partial charge in [0.25, 0.3) is 32.0 Å². The molecule has 30 heavy (non-hydrogen) atoms. The number of rotatable bonds is 4. The summed E-state index contributed by atoms with van der Waals surface area (Å²) < 4.78 is 90.9. The Kier molecular flexibility index (Phi) is 4.71. The highest BCUT2D eigenvalue weighted by Crippen LogP contribution is 2.48. The predicted octanol–water partition coefficient (Wildman–Crippen LogP) is 0.601. The Hall–Kier alpha value is -2.99. The third kappa shape index (κ3) is 3.21. The van der Waals surface area contributed by atoms with Crippen LogP contribution in [-0.4, -0.2) is 44.2 Å². The first-order valence-corrected chi connectivity index (χ1v) is 11.7. The van der Waals surface area contributed by atoms with Crippen molar-refractivity contribution in [3.05, 3.63) is 61.7 Å². The van der Waals surface area contributed by atoms with Crippen LogP contribution in [0.1, 0.15) is 17.2 Å². The molecule has 0 saturated heterocycles. The molecular formula is C13H8N2O12S3. The van der Waals surface area contributed by atoms with Gasteiger partial charge in [0, 0.05) is 16.6 Å². The van der Waals surface area contributed by atoms with E-state index in [-0.39, 0.29) is 0 Å². The molecule has 0 saturated carbocycles. The molecule has 0 aliphatic carbocycles. The molecule has 0 aromatic heterocycles. The van der Waals surface area contributed by atoms with Gasteiger partial charge in [-0.15, -0.1) is 0 Å². The summed E-state index contributed by atoms with van der Waals surface area (Å²) in [6.07, 6.45) is 0. The highest BCUT2D eigenvalue weighted by Gasteiger charge is 2.49. The lowest BCUT2D eigenvalue weighted by Crippen LogP contribution is -2.27. The van der Waals surface area contributed by atoms with Gasteiger partial charge in [-0.3, -0.25) is 29.3 Å². The monoisotopic (exact) mass is 480 g/mol. The van der Waals surface area contributed by atoms with Crippen molar-refractivity contribution in [3.63, 3.8) is 0 Å².